The van der Waals surface area contributed by atoms with E-state index >= 15 is 0 Å². The molecular formula is C18H26N2O. The summed E-state index contributed by atoms with van der Waals surface area (Å²) >= 11 is 0. The fraction of sp³-hybridized carbons (Fsp3) is 0.611. The van der Waals surface area contributed by atoms with Gasteiger partial charge in [0.05, 0.1) is 17.7 Å². The van der Waals surface area contributed by atoms with Crippen molar-refractivity contribution in [1.82, 2.24) is 5.32 Å². The molecule has 0 aliphatic heterocycles. The molecule has 2 unspecified atom stereocenters. The molecule has 21 heavy (non-hydrogen) atoms. The maximum Gasteiger partial charge on any atom is 0.0991 e. The minimum atomic E-state index is 0.168. The van der Waals surface area contributed by atoms with Crippen LogP contribution in [0.1, 0.15) is 45.2 Å². The quantitative estimate of drug-likeness (QED) is 0.870. The highest BCUT2D eigenvalue weighted by Crippen LogP contribution is 2.43. The van der Waals surface area contributed by atoms with Gasteiger partial charge in [0, 0.05) is 24.6 Å². The fourth-order valence-electron chi connectivity index (χ4n) is 2.82. The Labute approximate surface area is 128 Å². The molecule has 0 saturated heterocycles. The van der Waals surface area contributed by atoms with Crippen LogP contribution in [0.4, 0.5) is 0 Å². The normalized spacial score (nSPS) is 23.6. The second-order valence-electron chi connectivity index (χ2n) is 7.02. The van der Waals surface area contributed by atoms with E-state index in [0.29, 0.717) is 18.1 Å². The molecule has 0 spiro atoms. The van der Waals surface area contributed by atoms with E-state index < -0.39 is 0 Å². The smallest absolute Gasteiger partial charge is 0.0991 e. The highest BCUT2D eigenvalue weighted by Gasteiger charge is 2.48. The van der Waals surface area contributed by atoms with E-state index in [0.717, 1.165) is 30.7 Å². The van der Waals surface area contributed by atoms with E-state index in [1.54, 1.807) is 0 Å². The lowest BCUT2D eigenvalue weighted by Crippen LogP contribution is -2.60. The van der Waals surface area contributed by atoms with Crippen LogP contribution < -0.4 is 5.32 Å². The van der Waals surface area contributed by atoms with Gasteiger partial charge >= 0.3 is 0 Å². The Hall–Kier alpha value is -1.37. The molecule has 0 heterocycles. The van der Waals surface area contributed by atoms with Crippen LogP contribution in [-0.2, 0) is 11.3 Å². The molecule has 0 radical (unpaired) electrons. The maximum atomic E-state index is 8.93. The first-order valence-electron chi connectivity index (χ1n) is 7.77. The summed E-state index contributed by atoms with van der Waals surface area (Å²) in [6, 6.07) is 10.5. The third-order valence-corrected chi connectivity index (χ3v) is 4.42. The average Bonchev–Trinajstić information content (AvgIpc) is 2.45. The molecule has 0 amide bonds. The molecule has 0 aromatic heterocycles. The van der Waals surface area contributed by atoms with Gasteiger partial charge in [-0.25, -0.2) is 0 Å². The molecule has 1 aliphatic carbocycles. The molecule has 3 heteroatoms. The highest BCUT2D eigenvalue weighted by molar-refractivity contribution is 5.32. The van der Waals surface area contributed by atoms with Gasteiger partial charge in [-0.3, -0.25) is 0 Å². The monoisotopic (exact) mass is 286 g/mol. The third kappa shape index (κ3) is 3.84. The SMILES string of the molecule is CC(C)COC1CC(NCc2cccc(C#N)c2)C1(C)C. The molecule has 1 aliphatic rings. The lowest BCUT2D eigenvalue weighted by atomic mass is 9.64. The van der Waals surface area contributed by atoms with Crippen LogP contribution >= 0.6 is 0 Å². The average molecular weight is 286 g/mol. The summed E-state index contributed by atoms with van der Waals surface area (Å²) in [6.07, 6.45) is 1.42. The Bertz CT molecular complexity index is 516. The fourth-order valence-corrected chi connectivity index (χ4v) is 2.82. The number of rotatable bonds is 6. The molecule has 2 atom stereocenters. The number of hydrogen-bond acceptors (Lipinski definition) is 3. The van der Waals surface area contributed by atoms with E-state index in [1.807, 2.05) is 18.2 Å². The summed E-state index contributed by atoms with van der Waals surface area (Å²) in [4.78, 5) is 0. The third-order valence-electron chi connectivity index (χ3n) is 4.42. The number of ether oxygens (including phenoxy) is 1. The molecule has 114 valence electrons. The molecule has 1 aromatic carbocycles. The van der Waals surface area contributed by atoms with Gasteiger partial charge in [0.1, 0.15) is 0 Å². The Balaban J connectivity index is 1.83. The zero-order valence-electron chi connectivity index (χ0n) is 13.5. The Morgan fingerprint density at radius 3 is 2.81 bits per heavy atom. The number of nitrogens with one attached hydrogen (secondary N) is 1. The first-order valence-corrected chi connectivity index (χ1v) is 7.77. The van der Waals surface area contributed by atoms with Crippen molar-refractivity contribution < 1.29 is 4.74 Å². The van der Waals surface area contributed by atoms with Crippen LogP contribution in [0.25, 0.3) is 0 Å². The van der Waals surface area contributed by atoms with E-state index in [-0.39, 0.29) is 5.41 Å². The van der Waals surface area contributed by atoms with Crippen molar-refractivity contribution in [2.75, 3.05) is 6.61 Å². The second kappa shape index (κ2) is 6.60. The standard InChI is InChI=1S/C18H26N2O/c1-13(2)12-21-17-9-16(18(17,3)4)20-11-15-7-5-6-14(8-15)10-19/h5-8,13,16-17,20H,9,11-12H2,1-4H3. The van der Waals surface area contributed by atoms with E-state index in [1.165, 1.54) is 0 Å². The summed E-state index contributed by atoms with van der Waals surface area (Å²) in [5.74, 6) is 0.585. The Morgan fingerprint density at radius 1 is 1.43 bits per heavy atom. The van der Waals surface area contributed by atoms with E-state index in [9.17, 15) is 0 Å². The van der Waals surface area contributed by atoms with Gasteiger partial charge in [-0.05, 0) is 30.0 Å². The number of nitrogens with zero attached hydrogens (tertiary/aromatic N) is 1. The summed E-state index contributed by atoms with van der Waals surface area (Å²) in [6.45, 7) is 10.6. The van der Waals surface area contributed by atoms with Crippen LogP contribution in [0.5, 0.6) is 0 Å². The molecule has 1 N–H and O–H groups in total. The molecular weight excluding hydrogens is 260 g/mol. The van der Waals surface area contributed by atoms with Gasteiger partial charge in [0.25, 0.3) is 0 Å². The summed E-state index contributed by atoms with van der Waals surface area (Å²) in [5.41, 5.74) is 2.05. The van der Waals surface area contributed by atoms with Gasteiger partial charge < -0.3 is 10.1 Å². The molecule has 3 nitrogen and oxygen atoms in total. The van der Waals surface area contributed by atoms with E-state index in [4.69, 9.17) is 10.00 Å². The predicted molar refractivity (Wildman–Crippen MR) is 84.8 cm³/mol. The Kier molecular flexibility index (Phi) is 5.03. The zero-order valence-corrected chi connectivity index (χ0v) is 13.5. The van der Waals surface area contributed by atoms with Crippen molar-refractivity contribution in [2.45, 2.75) is 52.8 Å². The van der Waals surface area contributed by atoms with Gasteiger partial charge in [-0.1, -0.05) is 39.8 Å². The number of benzene rings is 1. The Morgan fingerprint density at radius 2 is 2.19 bits per heavy atom. The molecule has 2 rings (SSSR count). The van der Waals surface area contributed by atoms with Crippen molar-refractivity contribution in [1.29, 1.82) is 5.26 Å². The van der Waals surface area contributed by atoms with Crippen molar-refractivity contribution in [3.05, 3.63) is 35.4 Å². The molecule has 0 bridgehead atoms. The van der Waals surface area contributed by atoms with Gasteiger partial charge in [-0.2, -0.15) is 5.26 Å². The van der Waals surface area contributed by atoms with Crippen molar-refractivity contribution in [2.24, 2.45) is 11.3 Å². The first-order chi connectivity index (χ1) is 9.93. The van der Waals surface area contributed by atoms with Crippen LogP contribution in [0.3, 0.4) is 0 Å². The maximum absolute atomic E-state index is 8.93. The van der Waals surface area contributed by atoms with Gasteiger partial charge in [0.15, 0.2) is 0 Å². The van der Waals surface area contributed by atoms with Crippen LogP contribution in [0.15, 0.2) is 24.3 Å². The van der Waals surface area contributed by atoms with Crippen LogP contribution in [0.2, 0.25) is 0 Å². The van der Waals surface area contributed by atoms with Gasteiger partial charge in [-0.15, -0.1) is 0 Å². The minimum Gasteiger partial charge on any atom is -0.377 e. The highest BCUT2D eigenvalue weighted by atomic mass is 16.5. The molecule has 1 saturated carbocycles. The number of hydrogen-bond donors (Lipinski definition) is 1. The summed E-state index contributed by atoms with van der Waals surface area (Å²) in [7, 11) is 0. The van der Waals surface area contributed by atoms with Crippen LogP contribution in [-0.4, -0.2) is 18.8 Å². The minimum absolute atomic E-state index is 0.168. The summed E-state index contributed by atoms with van der Waals surface area (Å²) in [5, 5.41) is 12.5. The van der Waals surface area contributed by atoms with Crippen molar-refractivity contribution in [3.8, 4) is 6.07 Å². The van der Waals surface area contributed by atoms with E-state index in [2.05, 4.69) is 45.1 Å². The summed E-state index contributed by atoms with van der Waals surface area (Å²) < 4.78 is 5.99. The largest absolute Gasteiger partial charge is 0.377 e. The van der Waals surface area contributed by atoms with Crippen LogP contribution in [0, 0.1) is 22.7 Å². The van der Waals surface area contributed by atoms with Gasteiger partial charge in [0.2, 0.25) is 0 Å². The lowest BCUT2D eigenvalue weighted by Gasteiger charge is -2.52. The van der Waals surface area contributed by atoms with Crippen molar-refractivity contribution in [3.63, 3.8) is 0 Å². The molecule has 1 fully saturated rings. The van der Waals surface area contributed by atoms with Crippen molar-refractivity contribution >= 4 is 0 Å². The predicted octanol–water partition coefficient (Wildman–Crippen LogP) is 3.49. The number of nitriles is 1. The first kappa shape index (κ1) is 16.0. The zero-order chi connectivity index (χ0) is 15.5. The second-order valence-corrected chi connectivity index (χ2v) is 7.02. The lowest BCUT2D eigenvalue weighted by molar-refractivity contribution is -0.124. The molecule has 1 aromatic rings. The topological polar surface area (TPSA) is 45.0 Å².